The molecule has 0 saturated heterocycles. The number of azo groups is 1. The summed E-state index contributed by atoms with van der Waals surface area (Å²) < 4.78 is 0. The van der Waals surface area contributed by atoms with E-state index in [4.69, 9.17) is 5.11 Å². The van der Waals surface area contributed by atoms with E-state index in [2.05, 4.69) is 17.2 Å². The van der Waals surface area contributed by atoms with Gasteiger partial charge in [0.1, 0.15) is 0 Å². The van der Waals surface area contributed by atoms with Crippen molar-refractivity contribution in [2.75, 3.05) is 6.61 Å². The molecule has 0 heterocycles. The van der Waals surface area contributed by atoms with E-state index in [0.717, 1.165) is 31.4 Å². The standard InChI is InChI=1S/C13H20N2O/c1-2-7-12(10-6-11-16)14-15-13-8-4-3-5-9-13/h3-5,8-9,12,16H,2,6-7,10-11H2,1H3. The Morgan fingerprint density at radius 3 is 2.56 bits per heavy atom. The largest absolute Gasteiger partial charge is 0.396 e. The summed E-state index contributed by atoms with van der Waals surface area (Å²) in [4.78, 5) is 0. The van der Waals surface area contributed by atoms with Crippen LogP contribution in [0.25, 0.3) is 0 Å². The van der Waals surface area contributed by atoms with Gasteiger partial charge in [-0.2, -0.15) is 10.2 Å². The zero-order valence-corrected chi connectivity index (χ0v) is 9.84. The Labute approximate surface area is 97.2 Å². The Balaban J connectivity index is 2.50. The molecule has 0 amide bonds. The summed E-state index contributed by atoms with van der Waals surface area (Å²) in [5.41, 5.74) is 0.896. The average Bonchev–Trinajstić information content (AvgIpc) is 2.34. The highest BCUT2D eigenvalue weighted by molar-refractivity contribution is 5.34. The minimum absolute atomic E-state index is 0.237. The fourth-order valence-electron chi connectivity index (χ4n) is 1.56. The Hall–Kier alpha value is -1.22. The van der Waals surface area contributed by atoms with Crippen molar-refractivity contribution in [3.63, 3.8) is 0 Å². The first-order valence-corrected chi connectivity index (χ1v) is 5.93. The lowest BCUT2D eigenvalue weighted by Crippen LogP contribution is -2.04. The van der Waals surface area contributed by atoms with Crippen molar-refractivity contribution in [2.45, 2.75) is 38.6 Å². The van der Waals surface area contributed by atoms with Gasteiger partial charge in [0, 0.05) is 6.61 Å². The predicted molar refractivity (Wildman–Crippen MR) is 66.0 cm³/mol. The molecule has 1 aromatic carbocycles. The van der Waals surface area contributed by atoms with E-state index in [9.17, 15) is 0 Å². The van der Waals surface area contributed by atoms with Gasteiger partial charge in [-0.25, -0.2) is 0 Å². The summed E-state index contributed by atoms with van der Waals surface area (Å²) in [7, 11) is 0. The van der Waals surface area contributed by atoms with Crippen LogP contribution in [0.15, 0.2) is 40.6 Å². The molecule has 1 aromatic rings. The Kier molecular flexibility index (Phi) is 6.42. The second kappa shape index (κ2) is 7.99. The molecular formula is C13H20N2O. The quantitative estimate of drug-likeness (QED) is 0.699. The van der Waals surface area contributed by atoms with Crippen LogP contribution in [-0.2, 0) is 0 Å². The summed E-state index contributed by atoms with van der Waals surface area (Å²) in [6, 6.07) is 10.0. The van der Waals surface area contributed by atoms with Crippen molar-refractivity contribution in [1.29, 1.82) is 0 Å². The van der Waals surface area contributed by atoms with Crippen LogP contribution in [0.2, 0.25) is 0 Å². The molecule has 1 rings (SSSR count). The van der Waals surface area contributed by atoms with Gasteiger partial charge in [0.05, 0.1) is 11.7 Å². The topological polar surface area (TPSA) is 45.0 Å². The summed E-state index contributed by atoms with van der Waals surface area (Å²) in [6.07, 6.45) is 3.86. The average molecular weight is 220 g/mol. The molecule has 0 aliphatic heterocycles. The number of hydrogen-bond donors (Lipinski definition) is 1. The molecule has 0 bridgehead atoms. The Morgan fingerprint density at radius 2 is 1.94 bits per heavy atom. The van der Waals surface area contributed by atoms with E-state index in [-0.39, 0.29) is 12.6 Å². The molecule has 1 atom stereocenters. The Bertz CT molecular complexity index is 298. The predicted octanol–water partition coefficient (Wildman–Crippen LogP) is 3.71. The van der Waals surface area contributed by atoms with Crippen molar-refractivity contribution < 1.29 is 5.11 Å². The molecule has 0 spiro atoms. The lowest BCUT2D eigenvalue weighted by molar-refractivity contribution is 0.277. The molecule has 0 aromatic heterocycles. The maximum atomic E-state index is 8.80. The van der Waals surface area contributed by atoms with Gasteiger partial charge in [-0.3, -0.25) is 0 Å². The molecule has 0 saturated carbocycles. The lowest BCUT2D eigenvalue weighted by Gasteiger charge is -2.08. The van der Waals surface area contributed by atoms with Crippen LogP contribution < -0.4 is 0 Å². The molecule has 1 unspecified atom stereocenters. The monoisotopic (exact) mass is 220 g/mol. The molecule has 3 nitrogen and oxygen atoms in total. The SMILES string of the molecule is CCCC(CCCO)N=Nc1ccccc1. The van der Waals surface area contributed by atoms with Crippen molar-refractivity contribution >= 4 is 5.69 Å². The van der Waals surface area contributed by atoms with Gasteiger partial charge in [-0.1, -0.05) is 31.5 Å². The molecule has 16 heavy (non-hydrogen) atoms. The zero-order chi connectivity index (χ0) is 11.6. The first kappa shape index (κ1) is 12.8. The molecule has 0 radical (unpaired) electrons. The fourth-order valence-corrected chi connectivity index (χ4v) is 1.56. The third-order valence-electron chi connectivity index (χ3n) is 2.41. The van der Waals surface area contributed by atoms with Crippen molar-refractivity contribution in [1.82, 2.24) is 0 Å². The molecule has 0 aliphatic carbocycles. The lowest BCUT2D eigenvalue weighted by atomic mass is 10.1. The smallest absolute Gasteiger partial charge is 0.0852 e. The van der Waals surface area contributed by atoms with E-state index in [0.29, 0.717) is 0 Å². The number of aliphatic hydroxyl groups excluding tert-OH is 1. The number of rotatable bonds is 7. The molecule has 0 aliphatic rings. The van der Waals surface area contributed by atoms with Crippen LogP contribution in [0.1, 0.15) is 32.6 Å². The second-order valence-electron chi connectivity index (χ2n) is 3.86. The van der Waals surface area contributed by atoms with Crippen molar-refractivity contribution in [3.05, 3.63) is 30.3 Å². The highest BCUT2D eigenvalue weighted by atomic mass is 16.2. The van der Waals surface area contributed by atoms with Gasteiger partial charge in [-0.15, -0.1) is 0 Å². The van der Waals surface area contributed by atoms with Crippen LogP contribution in [-0.4, -0.2) is 17.8 Å². The third-order valence-corrected chi connectivity index (χ3v) is 2.41. The third kappa shape index (κ3) is 5.03. The van der Waals surface area contributed by atoms with Gasteiger partial charge < -0.3 is 5.11 Å². The van der Waals surface area contributed by atoms with Gasteiger partial charge >= 0.3 is 0 Å². The van der Waals surface area contributed by atoms with Crippen molar-refractivity contribution in [2.24, 2.45) is 10.2 Å². The maximum absolute atomic E-state index is 8.80. The van der Waals surface area contributed by atoms with E-state index in [1.54, 1.807) is 0 Å². The molecule has 1 N–H and O–H groups in total. The molecule has 0 fully saturated rings. The van der Waals surface area contributed by atoms with E-state index in [1.807, 2.05) is 30.3 Å². The summed E-state index contributed by atoms with van der Waals surface area (Å²) >= 11 is 0. The number of hydrogen-bond acceptors (Lipinski definition) is 3. The van der Waals surface area contributed by atoms with E-state index < -0.39 is 0 Å². The highest BCUT2D eigenvalue weighted by Crippen LogP contribution is 2.15. The van der Waals surface area contributed by atoms with Gasteiger partial charge in [0.15, 0.2) is 0 Å². The Morgan fingerprint density at radius 1 is 1.19 bits per heavy atom. The summed E-state index contributed by atoms with van der Waals surface area (Å²) in [5, 5.41) is 17.4. The van der Waals surface area contributed by atoms with Crippen LogP contribution in [0.4, 0.5) is 5.69 Å². The number of aliphatic hydroxyl groups is 1. The number of benzene rings is 1. The van der Waals surface area contributed by atoms with Gasteiger partial charge in [-0.05, 0) is 31.4 Å². The van der Waals surface area contributed by atoms with E-state index in [1.165, 1.54) is 0 Å². The van der Waals surface area contributed by atoms with Crippen LogP contribution in [0, 0.1) is 0 Å². The van der Waals surface area contributed by atoms with Crippen molar-refractivity contribution in [3.8, 4) is 0 Å². The fraction of sp³-hybridized carbons (Fsp3) is 0.538. The summed E-state index contributed by atoms with van der Waals surface area (Å²) in [6.45, 7) is 2.38. The van der Waals surface area contributed by atoms with Gasteiger partial charge in [0.25, 0.3) is 0 Å². The normalized spacial score (nSPS) is 13.1. The van der Waals surface area contributed by atoms with Gasteiger partial charge in [0.2, 0.25) is 0 Å². The maximum Gasteiger partial charge on any atom is 0.0852 e. The minimum atomic E-state index is 0.237. The number of nitrogens with zero attached hydrogens (tertiary/aromatic N) is 2. The molecule has 88 valence electrons. The summed E-state index contributed by atoms with van der Waals surface area (Å²) in [5.74, 6) is 0. The zero-order valence-electron chi connectivity index (χ0n) is 9.84. The highest BCUT2D eigenvalue weighted by Gasteiger charge is 2.04. The molecular weight excluding hydrogens is 200 g/mol. The van der Waals surface area contributed by atoms with Crippen LogP contribution in [0.3, 0.4) is 0 Å². The first-order chi connectivity index (χ1) is 7.86. The van der Waals surface area contributed by atoms with Crippen LogP contribution >= 0.6 is 0 Å². The second-order valence-corrected chi connectivity index (χ2v) is 3.86. The molecule has 3 heteroatoms. The minimum Gasteiger partial charge on any atom is -0.396 e. The first-order valence-electron chi connectivity index (χ1n) is 5.93. The van der Waals surface area contributed by atoms with Crippen LogP contribution in [0.5, 0.6) is 0 Å². The van der Waals surface area contributed by atoms with E-state index >= 15 is 0 Å².